The Balaban J connectivity index is 4.21. The van der Waals surface area contributed by atoms with Crippen molar-refractivity contribution < 1.29 is 13.3 Å². The van der Waals surface area contributed by atoms with Crippen molar-refractivity contribution in [3.63, 3.8) is 0 Å². The topological polar surface area (TPSA) is 53.7 Å². The Bertz CT molecular complexity index is 218. The molecule has 0 saturated carbocycles. The molecule has 0 heterocycles. The molecule has 0 radical (unpaired) electrons. The minimum absolute atomic E-state index is 0.144. The fourth-order valence-corrected chi connectivity index (χ4v) is 3.87. The Hall–Kier alpha value is 0.0569. The molecule has 0 amide bonds. The summed E-state index contributed by atoms with van der Waals surface area (Å²) in [5.74, 6) is 0. The Morgan fingerprint density at radius 3 is 2.06 bits per heavy atom. The van der Waals surface area contributed by atoms with Crippen molar-refractivity contribution in [2.75, 3.05) is 19.8 Å². The van der Waals surface area contributed by atoms with Gasteiger partial charge in [-0.3, -0.25) is 0 Å². The van der Waals surface area contributed by atoms with Gasteiger partial charge in [-0.1, -0.05) is 13.8 Å². The van der Waals surface area contributed by atoms with Crippen LogP contribution in [0.15, 0.2) is 0 Å². The first kappa shape index (κ1) is 18.1. The zero-order valence-corrected chi connectivity index (χ0v) is 13.9. The first-order chi connectivity index (χ1) is 8.28. The van der Waals surface area contributed by atoms with Crippen LogP contribution in [-0.2, 0) is 13.3 Å². The van der Waals surface area contributed by atoms with Gasteiger partial charge in [0.05, 0.1) is 0 Å². The van der Waals surface area contributed by atoms with Gasteiger partial charge in [-0.05, 0) is 45.6 Å². The molecular formula is C13H31NO3Si. The molecule has 0 aliphatic heterocycles. The summed E-state index contributed by atoms with van der Waals surface area (Å²) in [6.07, 6.45) is 2.17. The molecule has 0 aromatic heterocycles. The third kappa shape index (κ3) is 7.48. The summed E-state index contributed by atoms with van der Waals surface area (Å²) in [4.78, 5) is 0. The lowest BCUT2D eigenvalue weighted by Gasteiger charge is -2.30. The highest BCUT2D eigenvalue weighted by Crippen LogP contribution is 2.23. The van der Waals surface area contributed by atoms with E-state index in [2.05, 4.69) is 20.8 Å². The van der Waals surface area contributed by atoms with Gasteiger partial charge >= 0.3 is 8.80 Å². The van der Waals surface area contributed by atoms with E-state index >= 15 is 0 Å². The predicted octanol–water partition coefficient (Wildman–Crippen LogP) is 2.80. The Morgan fingerprint density at radius 1 is 1.17 bits per heavy atom. The number of nitrogens with two attached hydrogens (primary N) is 1. The molecule has 5 heteroatoms. The van der Waals surface area contributed by atoms with Crippen molar-refractivity contribution in [1.82, 2.24) is 0 Å². The lowest BCUT2D eigenvalue weighted by molar-refractivity contribution is 0.0374. The molecule has 0 aliphatic rings. The summed E-state index contributed by atoms with van der Waals surface area (Å²) in [6.45, 7) is 14.3. The molecular weight excluding hydrogens is 246 g/mol. The molecule has 0 spiro atoms. The zero-order valence-electron chi connectivity index (χ0n) is 12.9. The Labute approximate surface area is 114 Å². The lowest BCUT2D eigenvalue weighted by atomic mass is 9.87. The second-order valence-corrected chi connectivity index (χ2v) is 8.10. The highest BCUT2D eigenvalue weighted by Gasteiger charge is 2.36. The van der Waals surface area contributed by atoms with Gasteiger partial charge in [-0.2, -0.15) is 0 Å². The number of rotatable bonds is 10. The predicted molar refractivity (Wildman–Crippen MR) is 77.5 cm³/mol. The number of hydrogen-bond donors (Lipinski definition) is 1. The van der Waals surface area contributed by atoms with Crippen LogP contribution in [0.4, 0.5) is 0 Å². The zero-order chi connectivity index (χ0) is 14.2. The van der Waals surface area contributed by atoms with Crippen LogP contribution in [0.5, 0.6) is 0 Å². The van der Waals surface area contributed by atoms with Crippen LogP contribution in [0.25, 0.3) is 0 Å². The lowest BCUT2D eigenvalue weighted by Crippen LogP contribution is -2.45. The molecule has 0 rings (SSSR count). The maximum atomic E-state index is 6.01. The van der Waals surface area contributed by atoms with Crippen molar-refractivity contribution in [3.05, 3.63) is 0 Å². The second kappa shape index (κ2) is 8.27. The maximum Gasteiger partial charge on any atom is 0.497 e. The van der Waals surface area contributed by atoms with Gasteiger partial charge in [-0.15, -0.1) is 0 Å². The maximum absolute atomic E-state index is 6.01. The summed E-state index contributed by atoms with van der Waals surface area (Å²) in [5, 5.41) is 0. The van der Waals surface area contributed by atoms with Gasteiger partial charge in [0.25, 0.3) is 0 Å². The molecule has 0 aliphatic carbocycles. The van der Waals surface area contributed by atoms with Crippen LogP contribution in [0.1, 0.15) is 47.5 Å². The van der Waals surface area contributed by atoms with E-state index in [-0.39, 0.29) is 11.5 Å². The third-order valence-electron chi connectivity index (χ3n) is 3.01. The summed E-state index contributed by atoms with van der Waals surface area (Å²) in [5.41, 5.74) is 5.91. The number of hydrogen-bond acceptors (Lipinski definition) is 4. The normalized spacial score (nSPS) is 14.8. The van der Waals surface area contributed by atoms with Crippen LogP contribution in [-0.4, -0.2) is 34.7 Å². The van der Waals surface area contributed by atoms with E-state index in [9.17, 15) is 0 Å². The Morgan fingerprint density at radius 2 is 1.67 bits per heavy atom. The molecule has 1 atom stereocenters. The molecule has 0 aromatic rings. The average Bonchev–Trinajstić information content (AvgIpc) is 2.27. The summed E-state index contributed by atoms with van der Waals surface area (Å²) < 4.78 is 17.3. The van der Waals surface area contributed by atoms with E-state index in [1.807, 2.05) is 20.4 Å². The molecule has 4 nitrogen and oxygen atoms in total. The van der Waals surface area contributed by atoms with E-state index < -0.39 is 8.80 Å². The molecule has 18 heavy (non-hydrogen) atoms. The van der Waals surface area contributed by atoms with E-state index in [4.69, 9.17) is 19.0 Å². The van der Waals surface area contributed by atoms with E-state index in [1.165, 1.54) is 0 Å². The van der Waals surface area contributed by atoms with Crippen LogP contribution in [0, 0.1) is 5.41 Å². The van der Waals surface area contributed by atoms with E-state index in [0.29, 0.717) is 19.8 Å². The fourth-order valence-electron chi connectivity index (χ4n) is 1.75. The van der Waals surface area contributed by atoms with Gasteiger partial charge in [-0.25, -0.2) is 0 Å². The van der Waals surface area contributed by atoms with Crippen molar-refractivity contribution in [2.24, 2.45) is 11.1 Å². The van der Waals surface area contributed by atoms with Gasteiger partial charge in [0.1, 0.15) is 0 Å². The van der Waals surface area contributed by atoms with Crippen LogP contribution < -0.4 is 5.73 Å². The smallest absolute Gasteiger partial charge is 0.374 e. The standard InChI is InChI=1S/C13H31NO3Si/c1-7-15-18(6,16-8-2)17-12(3)9-10-13(4,5)11-14/h12H,7-11,14H2,1-6H3. The minimum atomic E-state index is -2.45. The average molecular weight is 277 g/mol. The molecule has 0 bridgehead atoms. The second-order valence-electron chi connectivity index (χ2n) is 5.56. The highest BCUT2D eigenvalue weighted by molar-refractivity contribution is 6.59. The monoisotopic (exact) mass is 277 g/mol. The van der Waals surface area contributed by atoms with E-state index in [0.717, 1.165) is 12.8 Å². The van der Waals surface area contributed by atoms with Crippen molar-refractivity contribution in [3.8, 4) is 0 Å². The van der Waals surface area contributed by atoms with Gasteiger partial charge in [0.15, 0.2) is 0 Å². The quantitative estimate of drug-likeness (QED) is 0.624. The third-order valence-corrected chi connectivity index (χ3v) is 5.47. The molecule has 0 saturated heterocycles. The highest BCUT2D eigenvalue weighted by atomic mass is 28.4. The Kier molecular flexibility index (Phi) is 8.30. The molecule has 0 aromatic carbocycles. The van der Waals surface area contributed by atoms with Gasteiger partial charge < -0.3 is 19.0 Å². The summed E-state index contributed by atoms with van der Waals surface area (Å²) in [6, 6.07) is 0. The van der Waals surface area contributed by atoms with Crippen molar-refractivity contribution in [1.29, 1.82) is 0 Å². The van der Waals surface area contributed by atoms with Crippen LogP contribution in [0.2, 0.25) is 6.55 Å². The SMILES string of the molecule is CCO[Si](C)(OCC)OC(C)CCC(C)(C)CN. The molecule has 0 fully saturated rings. The first-order valence-corrected chi connectivity index (χ1v) is 9.17. The van der Waals surface area contributed by atoms with Crippen molar-refractivity contribution >= 4 is 8.80 Å². The molecule has 1 unspecified atom stereocenters. The first-order valence-electron chi connectivity index (χ1n) is 6.94. The van der Waals surface area contributed by atoms with Gasteiger partial charge in [0, 0.05) is 25.9 Å². The van der Waals surface area contributed by atoms with Crippen molar-refractivity contribution in [2.45, 2.75) is 60.1 Å². The minimum Gasteiger partial charge on any atom is -0.374 e. The summed E-state index contributed by atoms with van der Waals surface area (Å²) >= 11 is 0. The largest absolute Gasteiger partial charge is 0.497 e. The molecule has 110 valence electrons. The van der Waals surface area contributed by atoms with Crippen LogP contribution in [0.3, 0.4) is 0 Å². The molecule has 2 N–H and O–H groups in total. The summed E-state index contributed by atoms with van der Waals surface area (Å²) in [7, 11) is -2.45. The van der Waals surface area contributed by atoms with Gasteiger partial charge in [0.2, 0.25) is 0 Å². The van der Waals surface area contributed by atoms with Crippen LogP contribution >= 0.6 is 0 Å². The fraction of sp³-hybridized carbons (Fsp3) is 1.00. The van der Waals surface area contributed by atoms with E-state index in [1.54, 1.807) is 0 Å².